The summed E-state index contributed by atoms with van der Waals surface area (Å²) in [5, 5.41) is 2.40. The molecule has 0 fully saturated rings. The van der Waals surface area contributed by atoms with Gasteiger partial charge in [-0.25, -0.2) is 4.98 Å². The van der Waals surface area contributed by atoms with Crippen LogP contribution in [0.15, 0.2) is 97.2 Å². The molecule has 265 valence electrons. The number of rotatable bonds is 5. The van der Waals surface area contributed by atoms with Crippen molar-refractivity contribution >= 4 is 60.3 Å². The standard InChI is InChI=1S/C27H20N3S.C18H24GeN.Ir/c1-16-8-6-9-17(2)24(16)30-23-13-5-4-12-22(23)29-26(30)21-11-7-10-19-20-15-14-18(3)28-27(20)31-25(19)21;1-13(2)16-11-18(15-9-7-14(3)8-10-15)20-12-17(16)19(4,5)6;/h4-10,12-15H,1-3H3;7-9,11-13H,1-6H3;/q2*-1;/i;3D3,13D;. The molecule has 8 rings (SSSR count). The van der Waals surface area contributed by atoms with Crippen LogP contribution in [0.2, 0.25) is 17.3 Å². The van der Waals surface area contributed by atoms with Gasteiger partial charge in [0.1, 0.15) is 4.83 Å². The summed E-state index contributed by atoms with van der Waals surface area (Å²) in [6.07, 6.45) is 1.91. The normalized spacial score (nSPS) is 13.2. The van der Waals surface area contributed by atoms with Crippen molar-refractivity contribution in [2.75, 3.05) is 0 Å². The fraction of sp³-hybridized carbons (Fsp3) is 0.222. The van der Waals surface area contributed by atoms with Gasteiger partial charge in [0.2, 0.25) is 0 Å². The summed E-state index contributed by atoms with van der Waals surface area (Å²) >= 11 is -0.417. The van der Waals surface area contributed by atoms with E-state index in [1.54, 1.807) is 23.5 Å². The second-order valence-corrected chi connectivity index (χ2v) is 25.9. The first-order valence-corrected chi connectivity index (χ1v) is 25.4. The van der Waals surface area contributed by atoms with Crippen molar-refractivity contribution in [3.05, 3.63) is 137 Å². The minimum atomic E-state index is -2.14. The number of pyridine rings is 2. The maximum Gasteiger partial charge on any atom is 0 e. The molecule has 0 spiro atoms. The summed E-state index contributed by atoms with van der Waals surface area (Å²) in [4.78, 5) is 15.5. The van der Waals surface area contributed by atoms with Crippen molar-refractivity contribution in [1.82, 2.24) is 19.5 Å². The zero-order valence-electron chi connectivity index (χ0n) is 34.8. The first-order valence-electron chi connectivity index (χ1n) is 19.2. The third kappa shape index (κ3) is 7.32. The second kappa shape index (κ2) is 15.2. The third-order valence-electron chi connectivity index (χ3n) is 9.22. The van der Waals surface area contributed by atoms with Crippen molar-refractivity contribution in [2.45, 2.75) is 64.6 Å². The second-order valence-electron chi connectivity index (χ2n) is 14.4. The minimum Gasteiger partial charge on any atom is 0 e. The van der Waals surface area contributed by atoms with Gasteiger partial charge in [0.25, 0.3) is 0 Å². The molecule has 0 saturated carbocycles. The number of para-hydroxylation sites is 3. The molecule has 0 aliphatic carbocycles. The Balaban J connectivity index is 0.000000194. The number of aromatic nitrogens is 4. The van der Waals surface area contributed by atoms with Gasteiger partial charge in [0, 0.05) is 31.5 Å². The maximum absolute atomic E-state index is 8.49. The van der Waals surface area contributed by atoms with E-state index < -0.39 is 26.0 Å². The van der Waals surface area contributed by atoms with Crippen molar-refractivity contribution in [1.29, 1.82) is 0 Å². The van der Waals surface area contributed by atoms with E-state index in [1.165, 1.54) is 42.7 Å². The van der Waals surface area contributed by atoms with E-state index >= 15 is 0 Å². The Morgan fingerprint density at radius 2 is 1.63 bits per heavy atom. The Labute approximate surface area is 333 Å². The number of hydrogen-bond acceptors (Lipinski definition) is 4. The molecule has 0 bridgehead atoms. The quantitative estimate of drug-likeness (QED) is 0.128. The molecule has 0 N–H and O–H groups in total. The molecular weight excluding hydrogens is 893 g/mol. The van der Waals surface area contributed by atoms with E-state index in [-0.39, 0.29) is 25.7 Å². The average molecular weight is 942 g/mol. The summed E-state index contributed by atoms with van der Waals surface area (Å²) in [6, 6.07) is 36.6. The predicted molar refractivity (Wildman–Crippen MR) is 221 cm³/mol. The molecule has 4 aromatic heterocycles. The Bertz CT molecular complexity index is 2690. The van der Waals surface area contributed by atoms with E-state index in [2.05, 4.69) is 107 Å². The van der Waals surface area contributed by atoms with Crippen LogP contribution in [0.25, 0.3) is 59.7 Å². The SMILES string of the molecule is Cc1ccc2c(n1)sc1c(-c3nc4ccccc4n3-c3c(C)cccc3C)[c-]ccc12.[2H]C([2H])([2H])c1c[c-]c(-c2cc(C([2H])(C)C)[c]([Ge]([CH3])([CH3])[CH3])cn2)cc1.[Ir]. The van der Waals surface area contributed by atoms with Crippen LogP contribution < -0.4 is 4.40 Å². The molecule has 0 aliphatic heterocycles. The molecule has 4 aromatic carbocycles. The first-order chi connectivity index (χ1) is 25.9. The van der Waals surface area contributed by atoms with Gasteiger partial charge in [-0.3, -0.25) is 4.98 Å². The van der Waals surface area contributed by atoms with Crippen LogP contribution in [-0.4, -0.2) is 32.8 Å². The fourth-order valence-electron chi connectivity index (χ4n) is 6.66. The molecule has 1 radical (unpaired) electrons. The Morgan fingerprint density at radius 1 is 0.865 bits per heavy atom. The van der Waals surface area contributed by atoms with Crippen molar-refractivity contribution in [3.63, 3.8) is 0 Å². The number of fused-ring (bicyclic) bond motifs is 4. The molecule has 4 heterocycles. The molecule has 0 atom stereocenters. The van der Waals surface area contributed by atoms with Crippen LogP contribution >= 0.6 is 11.3 Å². The van der Waals surface area contributed by atoms with Crippen LogP contribution in [0.1, 0.15) is 53.2 Å². The van der Waals surface area contributed by atoms with Gasteiger partial charge in [0.15, 0.2) is 0 Å². The van der Waals surface area contributed by atoms with Gasteiger partial charge in [0.05, 0.1) is 16.9 Å². The van der Waals surface area contributed by atoms with Crippen molar-refractivity contribution in [2.24, 2.45) is 0 Å². The molecule has 52 heavy (non-hydrogen) atoms. The summed E-state index contributed by atoms with van der Waals surface area (Å²) in [7, 11) is 0. The fourth-order valence-corrected chi connectivity index (χ4v) is 11.2. The Kier molecular flexibility index (Phi) is 9.55. The summed E-state index contributed by atoms with van der Waals surface area (Å²) in [5.41, 5.74) is 10.6. The van der Waals surface area contributed by atoms with Crippen molar-refractivity contribution in [3.8, 4) is 28.3 Å². The Hall–Kier alpha value is -3.94. The van der Waals surface area contributed by atoms with Crippen LogP contribution in [0.5, 0.6) is 0 Å². The van der Waals surface area contributed by atoms with Gasteiger partial charge < -0.3 is 4.57 Å². The zero-order valence-corrected chi connectivity index (χ0v) is 36.1. The maximum atomic E-state index is 8.49. The van der Waals surface area contributed by atoms with Crippen LogP contribution in [0.4, 0.5) is 0 Å². The molecule has 0 unspecified atom stereocenters. The van der Waals surface area contributed by atoms with Gasteiger partial charge in [-0.1, -0.05) is 47.3 Å². The van der Waals surface area contributed by atoms with Gasteiger partial charge >= 0.3 is 131 Å². The van der Waals surface area contributed by atoms with Crippen molar-refractivity contribution < 1.29 is 25.6 Å². The predicted octanol–water partition coefficient (Wildman–Crippen LogP) is 11.7. The molecule has 0 saturated heterocycles. The largest absolute Gasteiger partial charge is 0 e. The monoisotopic (exact) mass is 943 g/mol. The average Bonchev–Trinajstić information content (AvgIpc) is 3.69. The topological polar surface area (TPSA) is 43.6 Å². The number of benzene rings is 4. The Morgan fingerprint density at radius 3 is 2.33 bits per heavy atom. The molecule has 7 heteroatoms. The van der Waals surface area contributed by atoms with Crippen LogP contribution in [0.3, 0.4) is 0 Å². The number of thiophene rings is 1. The summed E-state index contributed by atoms with van der Waals surface area (Å²) in [5.74, 6) is 7.10. The molecule has 8 aromatic rings. The smallest absolute Gasteiger partial charge is 0 e. The summed E-state index contributed by atoms with van der Waals surface area (Å²) < 4.78 is 35.5. The van der Waals surface area contributed by atoms with E-state index in [9.17, 15) is 0 Å². The van der Waals surface area contributed by atoms with E-state index in [0.717, 1.165) is 49.8 Å². The number of hydrogen-bond donors (Lipinski definition) is 0. The van der Waals surface area contributed by atoms with E-state index in [0.29, 0.717) is 0 Å². The van der Waals surface area contributed by atoms with E-state index in [4.69, 9.17) is 15.5 Å². The first kappa shape index (κ1) is 32.7. The minimum absolute atomic E-state index is 0. The number of aryl methyl sites for hydroxylation is 4. The molecule has 4 nitrogen and oxygen atoms in total. The summed E-state index contributed by atoms with van der Waals surface area (Å²) in [6.45, 7) is 8.03. The van der Waals surface area contributed by atoms with Crippen LogP contribution in [0, 0.1) is 39.8 Å². The molecule has 0 aliphatic rings. The number of imidazole rings is 1. The third-order valence-corrected chi connectivity index (χ3v) is 14.6. The molecule has 0 amide bonds. The van der Waals surface area contributed by atoms with Gasteiger partial charge in [-0.2, -0.15) is 11.3 Å². The van der Waals surface area contributed by atoms with E-state index in [1.807, 2.05) is 45.2 Å². The van der Waals surface area contributed by atoms with Gasteiger partial charge in [-0.05, 0) is 60.2 Å². The number of nitrogens with zero attached hydrogens (tertiary/aromatic N) is 4. The van der Waals surface area contributed by atoms with Gasteiger partial charge in [-0.15, -0.1) is 18.2 Å². The van der Waals surface area contributed by atoms with Crippen LogP contribution in [-0.2, 0) is 20.1 Å². The zero-order chi connectivity index (χ0) is 39.4. The molecular formula is C45H44GeIrN4S-2.